The number of anilines is 1. The fraction of sp³-hybridized carbons (Fsp3) is 0.227. The lowest BCUT2D eigenvalue weighted by atomic mass is 10.2. The van der Waals surface area contributed by atoms with Crippen molar-refractivity contribution in [2.45, 2.75) is 6.18 Å². The summed E-state index contributed by atoms with van der Waals surface area (Å²) in [5.41, 5.74) is -0.232. The van der Waals surface area contributed by atoms with Crippen LogP contribution in [0.4, 0.5) is 18.9 Å². The smallest absolute Gasteiger partial charge is 0.433 e. The van der Waals surface area contributed by atoms with Gasteiger partial charge in [-0.15, -0.1) is 0 Å². The molecule has 1 aromatic carbocycles. The first-order valence-corrected chi connectivity index (χ1v) is 10.5. The van der Waals surface area contributed by atoms with Gasteiger partial charge in [-0.05, 0) is 42.5 Å². The Morgan fingerprint density at radius 3 is 2.42 bits per heavy atom. The zero-order chi connectivity index (χ0) is 23.2. The predicted octanol–water partition coefficient (Wildman–Crippen LogP) is 4.62. The molecule has 7 nitrogen and oxygen atoms in total. The number of carbonyl (C=O) groups excluding carboxylic acids is 1. The van der Waals surface area contributed by atoms with E-state index in [9.17, 15) is 18.0 Å². The van der Waals surface area contributed by atoms with E-state index in [1.807, 2.05) is 12.1 Å². The summed E-state index contributed by atoms with van der Waals surface area (Å²) in [5.74, 6) is -0.253. The summed E-state index contributed by atoms with van der Waals surface area (Å²) < 4.78 is 47.0. The van der Waals surface area contributed by atoms with Crippen molar-refractivity contribution in [3.05, 3.63) is 71.2 Å². The van der Waals surface area contributed by atoms with E-state index >= 15 is 0 Å². The van der Waals surface area contributed by atoms with Crippen molar-refractivity contribution in [2.75, 3.05) is 31.1 Å². The van der Waals surface area contributed by atoms with Crippen molar-refractivity contribution in [3.63, 3.8) is 0 Å². The highest BCUT2D eigenvalue weighted by molar-refractivity contribution is 6.30. The van der Waals surface area contributed by atoms with Crippen molar-refractivity contribution >= 4 is 28.8 Å². The number of alkyl halides is 3. The third-order valence-electron chi connectivity index (χ3n) is 5.52. The number of hydrogen-bond acceptors (Lipinski definition) is 5. The number of halogens is 4. The van der Waals surface area contributed by atoms with Crippen molar-refractivity contribution < 1.29 is 22.4 Å². The molecule has 5 rings (SSSR count). The lowest BCUT2D eigenvalue weighted by Crippen LogP contribution is -2.48. The van der Waals surface area contributed by atoms with Gasteiger partial charge in [0.1, 0.15) is 11.3 Å². The molecule has 0 spiro atoms. The molecule has 4 aromatic rings. The number of piperazine rings is 1. The van der Waals surface area contributed by atoms with Gasteiger partial charge in [-0.2, -0.15) is 18.3 Å². The van der Waals surface area contributed by atoms with Crippen LogP contribution in [0.25, 0.3) is 17.1 Å². The first-order valence-electron chi connectivity index (χ1n) is 10.1. The van der Waals surface area contributed by atoms with Crippen molar-refractivity contribution in [1.82, 2.24) is 19.5 Å². The first-order chi connectivity index (χ1) is 15.8. The minimum Gasteiger partial charge on any atom is -0.463 e. The molecule has 170 valence electrons. The van der Waals surface area contributed by atoms with Gasteiger partial charge in [-0.3, -0.25) is 4.79 Å². The monoisotopic (exact) mass is 475 g/mol. The standard InChI is InChI=1S/C22H17ClF3N5O2/c23-14-3-5-15(6-4-14)29-7-9-30(10-8-29)21(32)16-13-27-31-19(22(24,25)26)12-17(28-20(16)31)18-2-1-11-33-18/h1-6,11-13H,7-10H2. The maximum atomic E-state index is 13.7. The SMILES string of the molecule is O=C(c1cnn2c(C(F)(F)F)cc(-c3ccco3)nc12)N1CCN(c2ccc(Cl)cc2)CC1. The van der Waals surface area contributed by atoms with Gasteiger partial charge in [0.2, 0.25) is 0 Å². The number of amides is 1. The Labute approximate surface area is 191 Å². The summed E-state index contributed by atoms with van der Waals surface area (Å²) in [6.07, 6.45) is -2.21. The summed E-state index contributed by atoms with van der Waals surface area (Å²) >= 11 is 5.94. The van der Waals surface area contributed by atoms with E-state index in [-0.39, 0.29) is 22.7 Å². The Balaban J connectivity index is 1.44. The molecular formula is C22H17ClF3N5O2. The minimum atomic E-state index is -4.70. The summed E-state index contributed by atoms with van der Waals surface area (Å²) in [7, 11) is 0. The molecule has 1 aliphatic heterocycles. The number of aromatic nitrogens is 3. The van der Waals surface area contributed by atoms with Crippen molar-refractivity contribution in [1.29, 1.82) is 0 Å². The molecule has 0 saturated carbocycles. The van der Waals surface area contributed by atoms with Gasteiger partial charge >= 0.3 is 6.18 Å². The Morgan fingerprint density at radius 1 is 1.06 bits per heavy atom. The summed E-state index contributed by atoms with van der Waals surface area (Å²) in [4.78, 5) is 21.2. The van der Waals surface area contributed by atoms with E-state index in [1.165, 1.54) is 12.3 Å². The van der Waals surface area contributed by atoms with E-state index in [0.29, 0.717) is 35.7 Å². The number of nitrogens with zero attached hydrogens (tertiary/aromatic N) is 5. The van der Waals surface area contributed by atoms with Gasteiger partial charge in [-0.25, -0.2) is 9.50 Å². The molecule has 1 fully saturated rings. The molecule has 33 heavy (non-hydrogen) atoms. The minimum absolute atomic E-state index is 0.00819. The highest BCUT2D eigenvalue weighted by Gasteiger charge is 2.37. The lowest BCUT2D eigenvalue weighted by Gasteiger charge is -2.36. The Bertz CT molecular complexity index is 1290. The third kappa shape index (κ3) is 4.02. The molecular weight excluding hydrogens is 459 g/mol. The van der Waals surface area contributed by atoms with Crippen LogP contribution in [-0.2, 0) is 6.18 Å². The molecule has 0 radical (unpaired) electrons. The number of rotatable bonds is 3. The van der Waals surface area contributed by atoms with Crippen LogP contribution >= 0.6 is 11.6 Å². The molecule has 0 aliphatic carbocycles. The van der Waals surface area contributed by atoms with Crippen LogP contribution in [0.3, 0.4) is 0 Å². The van der Waals surface area contributed by atoms with E-state index in [2.05, 4.69) is 15.0 Å². The highest BCUT2D eigenvalue weighted by atomic mass is 35.5. The average molecular weight is 476 g/mol. The molecule has 1 amide bonds. The second-order valence-corrected chi connectivity index (χ2v) is 7.99. The maximum Gasteiger partial charge on any atom is 0.433 e. The summed E-state index contributed by atoms with van der Waals surface area (Å²) in [6.45, 7) is 1.96. The van der Waals surface area contributed by atoms with E-state index in [4.69, 9.17) is 16.0 Å². The Hall–Kier alpha value is -3.53. The second-order valence-electron chi connectivity index (χ2n) is 7.55. The highest BCUT2D eigenvalue weighted by Crippen LogP contribution is 2.33. The van der Waals surface area contributed by atoms with Crippen LogP contribution < -0.4 is 4.90 Å². The molecule has 1 saturated heterocycles. The predicted molar refractivity (Wildman–Crippen MR) is 115 cm³/mol. The molecule has 0 N–H and O–H groups in total. The van der Waals surface area contributed by atoms with Gasteiger partial charge in [0.05, 0.1) is 12.5 Å². The number of benzene rings is 1. The van der Waals surface area contributed by atoms with Gasteiger partial charge < -0.3 is 14.2 Å². The first kappa shape index (κ1) is 21.3. The third-order valence-corrected chi connectivity index (χ3v) is 5.78. The topological polar surface area (TPSA) is 66.9 Å². The van der Waals surface area contributed by atoms with E-state index in [0.717, 1.165) is 18.0 Å². The Morgan fingerprint density at radius 2 is 1.79 bits per heavy atom. The molecule has 1 aliphatic rings. The fourth-order valence-electron chi connectivity index (χ4n) is 3.86. The molecule has 4 heterocycles. The molecule has 11 heteroatoms. The van der Waals surface area contributed by atoms with Gasteiger partial charge in [-0.1, -0.05) is 11.6 Å². The van der Waals surface area contributed by atoms with Crippen LogP contribution in [0.2, 0.25) is 5.02 Å². The van der Waals surface area contributed by atoms with Gasteiger partial charge in [0.15, 0.2) is 17.1 Å². The molecule has 0 atom stereocenters. The van der Waals surface area contributed by atoms with Gasteiger partial charge in [0, 0.05) is 36.9 Å². The quantitative estimate of drug-likeness (QED) is 0.432. The maximum absolute atomic E-state index is 13.7. The lowest BCUT2D eigenvalue weighted by molar-refractivity contribution is -0.142. The number of carbonyl (C=O) groups is 1. The largest absolute Gasteiger partial charge is 0.463 e. The van der Waals surface area contributed by atoms with Crippen molar-refractivity contribution in [2.24, 2.45) is 0 Å². The summed E-state index contributed by atoms with van der Waals surface area (Å²) in [6, 6.07) is 11.3. The molecule has 3 aromatic heterocycles. The van der Waals surface area contributed by atoms with Crippen LogP contribution in [0.1, 0.15) is 16.1 Å². The van der Waals surface area contributed by atoms with Crippen LogP contribution in [-0.4, -0.2) is 51.6 Å². The fourth-order valence-corrected chi connectivity index (χ4v) is 3.98. The normalized spacial score (nSPS) is 14.8. The number of fused-ring (bicyclic) bond motifs is 1. The average Bonchev–Trinajstić information content (AvgIpc) is 3.48. The zero-order valence-electron chi connectivity index (χ0n) is 17.1. The van der Waals surface area contributed by atoms with E-state index in [1.54, 1.807) is 23.1 Å². The van der Waals surface area contributed by atoms with Crippen LogP contribution in [0, 0.1) is 0 Å². The van der Waals surface area contributed by atoms with E-state index < -0.39 is 17.8 Å². The summed E-state index contributed by atoms with van der Waals surface area (Å²) in [5, 5.41) is 4.47. The molecule has 0 bridgehead atoms. The van der Waals surface area contributed by atoms with Gasteiger partial charge in [0.25, 0.3) is 5.91 Å². The number of furan rings is 1. The molecule has 0 unspecified atom stereocenters. The Kier molecular flexibility index (Phi) is 5.24. The zero-order valence-corrected chi connectivity index (χ0v) is 17.8. The van der Waals surface area contributed by atoms with Crippen LogP contribution in [0.15, 0.2) is 59.3 Å². The van der Waals surface area contributed by atoms with Crippen molar-refractivity contribution in [3.8, 4) is 11.5 Å². The second kappa shape index (κ2) is 8.11. The number of hydrogen-bond donors (Lipinski definition) is 0. The van der Waals surface area contributed by atoms with Crippen LogP contribution in [0.5, 0.6) is 0 Å².